The third kappa shape index (κ3) is 3.10. The third-order valence-corrected chi connectivity index (χ3v) is 4.81. The van der Waals surface area contributed by atoms with Crippen LogP contribution in [-0.4, -0.2) is 45.4 Å². The van der Waals surface area contributed by atoms with Gasteiger partial charge < -0.3 is 15.5 Å². The first-order valence-electron chi connectivity index (χ1n) is 8.51. The molecule has 0 bridgehead atoms. The molecule has 29 heavy (non-hydrogen) atoms. The van der Waals surface area contributed by atoms with Crippen molar-refractivity contribution in [3.63, 3.8) is 0 Å². The molecule has 2 aliphatic rings. The maximum Gasteiger partial charge on any atom is 0.406 e. The Kier molecular flexibility index (Phi) is 4.30. The van der Waals surface area contributed by atoms with Crippen LogP contribution in [0.4, 0.5) is 13.2 Å². The Balaban J connectivity index is 1.75. The highest BCUT2D eigenvalue weighted by molar-refractivity contribution is 6.19. The molecule has 0 radical (unpaired) electrons. The van der Waals surface area contributed by atoms with Crippen LogP contribution in [0.1, 0.15) is 35.0 Å². The van der Waals surface area contributed by atoms with Gasteiger partial charge in [0.1, 0.15) is 17.8 Å². The fraction of sp³-hybridized carbons (Fsp3) is 0.294. The molecular weight excluding hydrogens is 393 g/mol. The van der Waals surface area contributed by atoms with Crippen LogP contribution in [0.3, 0.4) is 0 Å². The van der Waals surface area contributed by atoms with Crippen LogP contribution in [0.25, 0.3) is 5.57 Å². The van der Waals surface area contributed by atoms with E-state index in [1.165, 1.54) is 6.92 Å². The van der Waals surface area contributed by atoms with Crippen molar-refractivity contribution in [2.24, 2.45) is 5.73 Å². The second kappa shape index (κ2) is 6.58. The number of aromatic nitrogens is 2. The van der Waals surface area contributed by atoms with E-state index in [1.54, 1.807) is 30.3 Å². The zero-order chi connectivity index (χ0) is 20.9. The standard InChI is InChI=1S/C17H15F3N6O3/c1-7-9(14-23-24-15(29-14)12(21)27)16(28)26-13(22-7)10(8-5-3-2-4-6-8)11(25-26)17(18,19)20/h2-6,10-11,13,22,25H,1H3,(H2,21,27). The average Bonchev–Trinajstić information content (AvgIpc) is 3.27. The molecule has 1 aromatic carbocycles. The summed E-state index contributed by atoms with van der Waals surface area (Å²) in [6.07, 6.45) is -5.61. The quantitative estimate of drug-likeness (QED) is 0.689. The number of halogens is 3. The maximum absolute atomic E-state index is 13.7. The van der Waals surface area contributed by atoms with Gasteiger partial charge in [0.05, 0.1) is 5.92 Å². The largest absolute Gasteiger partial charge is 0.412 e. The molecule has 2 aromatic rings. The summed E-state index contributed by atoms with van der Waals surface area (Å²) in [6, 6.07) is 6.12. The first kappa shape index (κ1) is 18.9. The molecule has 1 aromatic heterocycles. The molecule has 0 aliphatic carbocycles. The van der Waals surface area contributed by atoms with Gasteiger partial charge in [0.15, 0.2) is 0 Å². The molecule has 0 spiro atoms. The zero-order valence-corrected chi connectivity index (χ0v) is 14.9. The number of hydrazine groups is 1. The lowest BCUT2D eigenvalue weighted by atomic mass is 9.89. The number of fused-ring (bicyclic) bond motifs is 1. The number of nitrogens with two attached hydrogens (primary N) is 1. The number of carbonyl (C=O) groups excluding carboxylic acids is 2. The molecule has 1 fully saturated rings. The van der Waals surface area contributed by atoms with Crippen molar-refractivity contribution in [1.29, 1.82) is 0 Å². The van der Waals surface area contributed by atoms with Crippen molar-refractivity contribution in [2.45, 2.75) is 31.2 Å². The van der Waals surface area contributed by atoms with Crippen LogP contribution < -0.4 is 16.5 Å². The van der Waals surface area contributed by atoms with Crippen LogP contribution in [-0.2, 0) is 4.79 Å². The Bertz CT molecular complexity index is 1000. The van der Waals surface area contributed by atoms with E-state index in [9.17, 15) is 22.8 Å². The van der Waals surface area contributed by atoms with Crippen LogP contribution in [0.2, 0.25) is 0 Å². The first-order chi connectivity index (χ1) is 13.7. The van der Waals surface area contributed by atoms with Crippen molar-refractivity contribution in [3.8, 4) is 0 Å². The molecule has 2 amide bonds. The second-order valence-electron chi connectivity index (χ2n) is 6.63. The van der Waals surface area contributed by atoms with Crippen LogP contribution >= 0.6 is 0 Å². The Hall–Kier alpha value is -3.41. The average molecular weight is 408 g/mol. The molecule has 9 nitrogen and oxygen atoms in total. The van der Waals surface area contributed by atoms with E-state index < -0.39 is 42.0 Å². The van der Waals surface area contributed by atoms with Gasteiger partial charge in [-0.05, 0) is 12.5 Å². The van der Waals surface area contributed by atoms with Crippen molar-refractivity contribution >= 4 is 17.4 Å². The topological polar surface area (TPSA) is 126 Å². The monoisotopic (exact) mass is 408 g/mol. The normalized spacial score (nSPS) is 24.5. The predicted molar refractivity (Wildman–Crippen MR) is 91.3 cm³/mol. The molecule has 0 saturated carbocycles. The van der Waals surface area contributed by atoms with Gasteiger partial charge in [-0.25, -0.2) is 10.4 Å². The zero-order valence-electron chi connectivity index (χ0n) is 14.9. The number of alkyl halides is 3. The van der Waals surface area contributed by atoms with Crippen molar-refractivity contribution < 1.29 is 27.2 Å². The van der Waals surface area contributed by atoms with Crippen molar-refractivity contribution in [1.82, 2.24) is 25.9 Å². The van der Waals surface area contributed by atoms with Gasteiger partial charge in [0.25, 0.3) is 11.8 Å². The van der Waals surface area contributed by atoms with Crippen molar-refractivity contribution in [2.75, 3.05) is 0 Å². The number of primary amides is 1. The second-order valence-corrected chi connectivity index (χ2v) is 6.63. The minimum absolute atomic E-state index is 0.150. The number of allylic oxidation sites excluding steroid dienone is 1. The van der Waals surface area contributed by atoms with Gasteiger partial charge in [-0.1, -0.05) is 30.3 Å². The maximum atomic E-state index is 13.7. The van der Waals surface area contributed by atoms with Crippen molar-refractivity contribution in [3.05, 3.63) is 53.4 Å². The lowest BCUT2D eigenvalue weighted by molar-refractivity contribution is -0.161. The summed E-state index contributed by atoms with van der Waals surface area (Å²) < 4.78 is 46.3. The number of rotatable bonds is 3. The molecule has 1 saturated heterocycles. The Morgan fingerprint density at radius 3 is 2.52 bits per heavy atom. The molecule has 3 unspecified atom stereocenters. The number of nitrogens with one attached hydrogen (secondary N) is 2. The highest BCUT2D eigenvalue weighted by Crippen LogP contribution is 2.42. The summed E-state index contributed by atoms with van der Waals surface area (Å²) in [6.45, 7) is 1.50. The number of hydrogen-bond acceptors (Lipinski definition) is 7. The number of carbonyl (C=O) groups is 2. The number of amides is 2. The molecule has 3 atom stereocenters. The molecule has 4 rings (SSSR count). The summed E-state index contributed by atoms with van der Waals surface area (Å²) in [5.41, 5.74) is 7.83. The molecule has 12 heteroatoms. The molecule has 4 N–H and O–H groups in total. The predicted octanol–water partition coefficient (Wildman–Crippen LogP) is 0.890. The van der Waals surface area contributed by atoms with Crippen LogP contribution in [0.5, 0.6) is 0 Å². The van der Waals surface area contributed by atoms with Crippen LogP contribution in [0, 0.1) is 0 Å². The number of hydrogen-bond donors (Lipinski definition) is 3. The summed E-state index contributed by atoms with van der Waals surface area (Å²) >= 11 is 0. The summed E-state index contributed by atoms with van der Waals surface area (Å²) in [5.74, 6) is -3.71. The van der Waals surface area contributed by atoms with Gasteiger partial charge >= 0.3 is 18.0 Å². The fourth-order valence-electron chi connectivity index (χ4n) is 3.57. The van der Waals surface area contributed by atoms with Gasteiger partial charge in [-0.3, -0.25) is 9.59 Å². The molecular formula is C17H15F3N6O3. The van der Waals surface area contributed by atoms with E-state index in [4.69, 9.17) is 10.2 Å². The van der Waals surface area contributed by atoms with E-state index in [0.717, 1.165) is 5.01 Å². The van der Waals surface area contributed by atoms with E-state index in [-0.39, 0.29) is 17.2 Å². The van der Waals surface area contributed by atoms with E-state index in [0.29, 0.717) is 5.56 Å². The highest BCUT2D eigenvalue weighted by Gasteiger charge is 2.58. The molecule has 2 aliphatic heterocycles. The first-order valence-corrected chi connectivity index (χ1v) is 8.51. The number of nitrogens with zero attached hydrogens (tertiary/aromatic N) is 3. The summed E-state index contributed by atoms with van der Waals surface area (Å²) in [7, 11) is 0. The van der Waals surface area contributed by atoms with E-state index >= 15 is 0 Å². The van der Waals surface area contributed by atoms with Gasteiger partial charge in [0.2, 0.25) is 0 Å². The Labute approximate surface area is 161 Å². The van der Waals surface area contributed by atoms with E-state index in [2.05, 4.69) is 20.9 Å². The van der Waals surface area contributed by atoms with E-state index in [1.807, 2.05) is 0 Å². The lowest BCUT2D eigenvalue weighted by Crippen LogP contribution is -2.54. The van der Waals surface area contributed by atoms with Gasteiger partial charge in [-0.2, -0.15) is 13.2 Å². The SMILES string of the molecule is CC1=C(c2nnc(C(N)=O)o2)C(=O)N2NC(C(F)(F)F)C(c3ccccc3)C2N1. The molecule has 3 heterocycles. The van der Waals surface area contributed by atoms with Gasteiger partial charge in [0, 0.05) is 5.70 Å². The Morgan fingerprint density at radius 1 is 1.24 bits per heavy atom. The summed E-state index contributed by atoms with van der Waals surface area (Å²) in [5, 5.41) is 10.8. The summed E-state index contributed by atoms with van der Waals surface area (Å²) in [4.78, 5) is 24.2. The minimum Gasteiger partial charge on any atom is -0.412 e. The molecule has 152 valence electrons. The Morgan fingerprint density at radius 2 is 1.93 bits per heavy atom. The van der Waals surface area contributed by atoms with Crippen LogP contribution in [0.15, 0.2) is 40.4 Å². The van der Waals surface area contributed by atoms with Gasteiger partial charge in [-0.15, -0.1) is 10.2 Å². The third-order valence-electron chi connectivity index (χ3n) is 4.81. The highest BCUT2D eigenvalue weighted by atomic mass is 19.4. The smallest absolute Gasteiger partial charge is 0.406 e. The minimum atomic E-state index is -4.61. The fourth-order valence-corrected chi connectivity index (χ4v) is 3.57. The lowest BCUT2D eigenvalue weighted by Gasteiger charge is -2.34. The number of benzene rings is 1.